The van der Waals surface area contributed by atoms with Crippen molar-refractivity contribution < 1.29 is 9.13 Å². The zero-order valence-electron chi connectivity index (χ0n) is 23.9. The van der Waals surface area contributed by atoms with Gasteiger partial charge >= 0.3 is 11.8 Å². The standard InChI is InChI=1S/C31H39N9/c1-36(2)28-12-8-26(9-13-28)32-34-30-7-5-6-19-40(30)22-18-25-16-20-39(21-17-25)29-14-10-27(11-15-29)33-35-31-37(3)23-24-38(31)4/h5-15,19,23-25H,16-18,20-22H2,1-4H3/q+2. The number of anilines is 2. The summed E-state index contributed by atoms with van der Waals surface area (Å²) in [5.74, 6) is 2.39. The number of piperidine rings is 1. The van der Waals surface area contributed by atoms with Crippen LogP contribution in [0.4, 0.5) is 34.5 Å². The highest BCUT2D eigenvalue weighted by molar-refractivity contribution is 5.53. The molecule has 206 valence electrons. The molecule has 1 fully saturated rings. The Morgan fingerprint density at radius 1 is 0.825 bits per heavy atom. The summed E-state index contributed by atoms with van der Waals surface area (Å²) in [5.41, 5.74) is 4.12. The number of aromatic nitrogens is 3. The van der Waals surface area contributed by atoms with Crippen LogP contribution >= 0.6 is 0 Å². The molecule has 0 spiro atoms. The monoisotopic (exact) mass is 537 g/mol. The third-order valence-electron chi connectivity index (χ3n) is 7.56. The fourth-order valence-electron chi connectivity index (χ4n) is 5.03. The lowest BCUT2D eigenvalue weighted by Gasteiger charge is -2.33. The molecule has 1 saturated heterocycles. The maximum atomic E-state index is 4.56. The summed E-state index contributed by atoms with van der Waals surface area (Å²) in [6.45, 7) is 3.08. The van der Waals surface area contributed by atoms with Crippen LogP contribution in [0.3, 0.4) is 0 Å². The van der Waals surface area contributed by atoms with Gasteiger partial charge in [-0.25, -0.2) is 13.7 Å². The first-order valence-electron chi connectivity index (χ1n) is 13.9. The normalized spacial score (nSPS) is 14.4. The molecule has 2 aromatic heterocycles. The first kappa shape index (κ1) is 27.2. The van der Waals surface area contributed by atoms with Crippen LogP contribution in [-0.2, 0) is 20.6 Å². The summed E-state index contributed by atoms with van der Waals surface area (Å²) in [7, 11) is 8.00. The first-order chi connectivity index (χ1) is 19.5. The van der Waals surface area contributed by atoms with Crippen LogP contribution in [0.5, 0.6) is 0 Å². The molecule has 40 heavy (non-hydrogen) atoms. The Bertz CT molecular complexity index is 1430. The van der Waals surface area contributed by atoms with Crippen LogP contribution in [-0.4, -0.2) is 31.8 Å². The average molecular weight is 538 g/mol. The van der Waals surface area contributed by atoms with E-state index in [0.29, 0.717) is 5.92 Å². The lowest BCUT2D eigenvalue weighted by atomic mass is 9.93. The van der Waals surface area contributed by atoms with E-state index < -0.39 is 0 Å². The van der Waals surface area contributed by atoms with Gasteiger partial charge in [0.1, 0.15) is 11.4 Å². The molecule has 0 radical (unpaired) electrons. The van der Waals surface area contributed by atoms with Crippen LogP contribution in [0, 0.1) is 5.92 Å². The van der Waals surface area contributed by atoms with Crippen LogP contribution in [0.25, 0.3) is 0 Å². The second-order valence-electron chi connectivity index (χ2n) is 10.6. The minimum Gasteiger partial charge on any atom is -0.378 e. The Hall–Kier alpha value is -4.40. The van der Waals surface area contributed by atoms with Gasteiger partial charge in [-0.3, -0.25) is 0 Å². The molecule has 2 aromatic carbocycles. The van der Waals surface area contributed by atoms with E-state index >= 15 is 0 Å². The Kier molecular flexibility index (Phi) is 8.59. The number of nitrogens with zero attached hydrogens (tertiary/aromatic N) is 9. The minimum absolute atomic E-state index is 0.700. The van der Waals surface area contributed by atoms with Gasteiger partial charge in [-0.1, -0.05) is 11.2 Å². The van der Waals surface area contributed by atoms with E-state index in [9.17, 15) is 0 Å². The molecular formula is C31H39N9+2. The molecule has 4 aromatic rings. The van der Waals surface area contributed by atoms with Gasteiger partial charge in [0.05, 0.1) is 44.3 Å². The van der Waals surface area contributed by atoms with Crippen molar-refractivity contribution in [1.29, 1.82) is 0 Å². The summed E-state index contributed by atoms with van der Waals surface area (Å²) in [6, 6.07) is 22.7. The van der Waals surface area contributed by atoms with Crippen LogP contribution in [0.2, 0.25) is 0 Å². The third kappa shape index (κ3) is 6.77. The number of azo groups is 2. The molecule has 9 heteroatoms. The van der Waals surface area contributed by atoms with Gasteiger partial charge < -0.3 is 9.80 Å². The summed E-state index contributed by atoms with van der Waals surface area (Å²) in [5, 5.41) is 17.8. The van der Waals surface area contributed by atoms with Crippen molar-refractivity contribution in [1.82, 2.24) is 4.57 Å². The maximum absolute atomic E-state index is 4.56. The number of pyridine rings is 1. The van der Waals surface area contributed by atoms with Gasteiger partial charge in [-0.15, -0.1) is 0 Å². The lowest BCUT2D eigenvalue weighted by molar-refractivity contribution is -0.685. The molecule has 9 nitrogen and oxygen atoms in total. The Labute approximate surface area is 236 Å². The van der Waals surface area contributed by atoms with E-state index in [2.05, 4.69) is 71.4 Å². The lowest BCUT2D eigenvalue weighted by Crippen LogP contribution is -2.38. The number of hydrogen-bond acceptors (Lipinski definition) is 6. The highest BCUT2D eigenvalue weighted by Gasteiger charge is 2.21. The van der Waals surface area contributed by atoms with Crippen molar-refractivity contribution in [2.45, 2.75) is 25.8 Å². The molecule has 0 amide bonds. The number of rotatable bonds is 9. The smallest absolute Gasteiger partial charge is 0.378 e. The molecule has 1 aliphatic rings. The quantitative estimate of drug-likeness (QED) is 0.185. The molecule has 0 saturated carbocycles. The van der Waals surface area contributed by atoms with Gasteiger partial charge in [0, 0.05) is 49.7 Å². The van der Waals surface area contributed by atoms with Crippen LogP contribution in [0.15, 0.2) is 106 Å². The van der Waals surface area contributed by atoms with E-state index in [1.165, 1.54) is 18.5 Å². The van der Waals surface area contributed by atoms with E-state index in [-0.39, 0.29) is 0 Å². The van der Waals surface area contributed by atoms with E-state index in [1.54, 1.807) is 0 Å². The number of benzene rings is 2. The Balaban J connectivity index is 1.12. The zero-order chi connectivity index (χ0) is 27.9. The highest BCUT2D eigenvalue weighted by Crippen LogP contribution is 2.27. The van der Waals surface area contributed by atoms with E-state index in [0.717, 1.165) is 54.9 Å². The second kappa shape index (κ2) is 12.6. The Morgan fingerprint density at radius 3 is 2.15 bits per heavy atom. The molecule has 0 bridgehead atoms. The summed E-state index contributed by atoms with van der Waals surface area (Å²) < 4.78 is 6.12. The first-order valence-corrected chi connectivity index (χ1v) is 13.9. The number of hydrogen-bond donors (Lipinski definition) is 0. The molecule has 0 unspecified atom stereocenters. The van der Waals surface area contributed by atoms with Crippen molar-refractivity contribution in [3.8, 4) is 0 Å². The van der Waals surface area contributed by atoms with Crippen molar-refractivity contribution in [2.24, 2.45) is 40.5 Å². The molecule has 0 aliphatic carbocycles. The second-order valence-corrected chi connectivity index (χ2v) is 10.6. The highest BCUT2D eigenvalue weighted by atomic mass is 15.3. The topological polar surface area (TPSA) is 68.6 Å². The summed E-state index contributed by atoms with van der Waals surface area (Å²) in [6.07, 6.45) is 9.56. The van der Waals surface area contributed by atoms with Crippen molar-refractivity contribution in [3.63, 3.8) is 0 Å². The van der Waals surface area contributed by atoms with Gasteiger partial charge in [0.15, 0.2) is 0 Å². The molecule has 3 heterocycles. The van der Waals surface area contributed by atoms with Gasteiger partial charge in [-0.2, -0.15) is 0 Å². The van der Waals surface area contributed by atoms with Gasteiger partial charge in [0.2, 0.25) is 0 Å². The molecule has 1 aliphatic heterocycles. The fourth-order valence-corrected chi connectivity index (χ4v) is 5.03. The minimum atomic E-state index is 0.700. The van der Waals surface area contributed by atoms with Crippen LogP contribution < -0.4 is 18.9 Å². The number of aryl methyl sites for hydroxylation is 3. The van der Waals surface area contributed by atoms with Crippen LogP contribution in [0.1, 0.15) is 19.3 Å². The molecule has 0 atom stereocenters. The molecular weight excluding hydrogens is 498 g/mol. The van der Waals surface area contributed by atoms with E-state index in [4.69, 9.17) is 0 Å². The zero-order valence-corrected chi connectivity index (χ0v) is 23.9. The molecule has 5 rings (SSSR count). The third-order valence-corrected chi connectivity index (χ3v) is 7.56. The Morgan fingerprint density at radius 2 is 1.50 bits per heavy atom. The fraction of sp³-hybridized carbons (Fsp3) is 0.355. The van der Waals surface area contributed by atoms with Crippen molar-refractivity contribution >= 4 is 34.5 Å². The maximum Gasteiger partial charge on any atom is 0.421 e. The largest absolute Gasteiger partial charge is 0.421 e. The molecule has 0 N–H and O–H groups in total. The van der Waals surface area contributed by atoms with Crippen molar-refractivity contribution in [2.75, 3.05) is 37.0 Å². The van der Waals surface area contributed by atoms with Crippen molar-refractivity contribution in [3.05, 3.63) is 85.3 Å². The average Bonchev–Trinajstić information content (AvgIpc) is 3.31. The van der Waals surface area contributed by atoms with E-state index in [1.807, 2.05) is 86.1 Å². The summed E-state index contributed by atoms with van der Waals surface area (Å²) >= 11 is 0. The SMILES string of the molecule is CN(C)c1ccc(/N=N/c2cccc[n+]2CCC2CCN(c3ccc(/N=N/c4n(C)cc[n+]4C)cc3)CC2)cc1. The predicted molar refractivity (Wildman–Crippen MR) is 158 cm³/mol. The van der Waals surface area contributed by atoms with Gasteiger partial charge in [0.25, 0.3) is 0 Å². The van der Waals surface area contributed by atoms with Gasteiger partial charge in [-0.05, 0) is 84.9 Å². The number of imidazole rings is 1. The summed E-state index contributed by atoms with van der Waals surface area (Å²) in [4.78, 5) is 4.55. The predicted octanol–water partition coefficient (Wildman–Crippen LogP) is 6.34.